The molecule has 1 aromatic heterocycles. The smallest absolute Gasteiger partial charge is 0.269 e. The van der Waals surface area contributed by atoms with Gasteiger partial charge in [0.1, 0.15) is 11.5 Å². The molecule has 1 amide bonds. The molecule has 0 spiro atoms. The number of likely N-dealkylation sites (tertiary alicyclic amines) is 1. The van der Waals surface area contributed by atoms with Crippen LogP contribution in [0.15, 0.2) is 6.20 Å². The van der Waals surface area contributed by atoms with Crippen LogP contribution in [0.2, 0.25) is 0 Å². The molecular formula is C11H18N4O. The number of rotatable bonds is 2. The Morgan fingerprint density at radius 1 is 1.56 bits per heavy atom. The fourth-order valence-corrected chi connectivity index (χ4v) is 1.95. The summed E-state index contributed by atoms with van der Waals surface area (Å²) in [6.45, 7) is 3.94. The number of imidazole rings is 1. The minimum absolute atomic E-state index is 0.0462. The average Bonchev–Trinajstić information content (AvgIpc) is 2.68. The molecule has 88 valence electrons. The number of hydrogen-bond donors (Lipinski definition) is 2. The quantitative estimate of drug-likeness (QED) is 0.768. The molecule has 1 saturated heterocycles. The van der Waals surface area contributed by atoms with Gasteiger partial charge in [0, 0.05) is 6.04 Å². The summed E-state index contributed by atoms with van der Waals surface area (Å²) >= 11 is 0. The lowest BCUT2D eigenvalue weighted by Crippen LogP contribution is -2.43. The van der Waals surface area contributed by atoms with Crippen molar-refractivity contribution in [2.45, 2.75) is 25.8 Å². The van der Waals surface area contributed by atoms with Crippen LogP contribution in [0, 0.1) is 6.92 Å². The third kappa shape index (κ3) is 2.61. The van der Waals surface area contributed by atoms with Crippen LogP contribution >= 0.6 is 0 Å². The number of nitrogens with one attached hydrogen (secondary N) is 2. The van der Waals surface area contributed by atoms with Gasteiger partial charge in [0.15, 0.2) is 0 Å². The SMILES string of the molecule is Cc1ncc(C(=O)NC2CCN(C)CC2)[nH]1. The number of carbonyl (C=O) groups is 1. The lowest BCUT2D eigenvalue weighted by molar-refractivity contribution is 0.0912. The first-order chi connectivity index (χ1) is 7.65. The van der Waals surface area contributed by atoms with E-state index in [1.165, 1.54) is 0 Å². The van der Waals surface area contributed by atoms with Crippen LogP contribution in [0.3, 0.4) is 0 Å². The first-order valence-electron chi connectivity index (χ1n) is 5.66. The van der Waals surface area contributed by atoms with E-state index in [4.69, 9.17) is 0 Å². The van der Waals surface area contributed by atoms with Crippen molar-refractivity contribution in [1.82, 2.24) is 20.2 Å². The van der Waals surface area contributed by atoms with Crippen LogP contribution in [0.4, 0.5) is 0 Å². The Balaban J connectivity index is 1.88. The second-order valence-corrected chi connectivity index (χ2v) is 4.43. The number of amides is 1. The molecule has 0 aliphatic carbocycles. The predicted octanol–water partition coefficient (Wildman–Crippen LogP) is 0.542. The second-order valence-electron chi connectivity index (χ2n) is 4.43. The van der Waals surface area contributed by atoms with Gasteiger partial charge in [-0.15, -0.1) is 0 Å². The van der Waals surface area contributed by atoms with Crippen molar-refractivity contribution < 1.29 is 4.79 Å². The van der Waals surface area contributed by atoms with Crippen molar-refractivity contribution in [3.63, 3.8) is 0 Å². The van der Waals surface area contributed by atoms with Gasteiger partial charge in [-0.05, 0) is 39.9 Å². The van der Waals surface area contributed by atoms with Crippen LogP contribution in [0.25, 0.3) is 0 Å². The lowest BCUT2D eigenvalue weighted by atomic mass is 10.1. The molecule has 2 rings (SSSR count). The molecule has 0 radical (unpaired) electrons. The van der Waals surface area contributed by atoms with Crippen LogP contribution in [0.1, 0.15) is 29.2 Å². The standard InChI is InChI=1S/C11H18N4O/c1-8-12-7-10(13-8)11(16)14-9-3-5-15(2)6-4-9/h7,9H,3-6H2,1-2H3,(H,12,13)(H,14,16). The summed E-state index contributed by atoms with van der Waals surface area (Å²) in [5.74, 6) is 0.726. The molecule has 0 saturated carbocycles. The Labute approximate surface area is 95.2 Å². The molecule has 0 bridgehead atoms. The molecule has 5 heteroatoms. The molecule has 0 atom stereocenters. The maximum absolute atomic E-state index is 11.8. The van der Waals surface area contributed by atoms with Crippen LogP contribution < -0.4 is 5.32 Å². The van der Waals surface area contributed by atoms with Crippen LogP contribution in [-0.2, 0) is 0 Å². The van der Waals surface area contributed by atoms with Crippen molar-refractivity contribution in [2.75, 3.05) is 20.1 Å². The van der Waals surface area contributed by atoms with E-state index in [0.717, 1.165) is 31.8 Å². The van der Waals surface area contributed by atoms with E-state index in [1.54, 1.807) is 6.20 Å². The van der Waals surface area contributed by atoms with Gasteiger partial charge in [0.2, 0.25) is 0 Å². The molecule has 1 aliphatic heterocycles. The lowest BCUT2D eigenvalue weighted by Gasteiger charge is -2.29. The summed E-state index contributed by atoms with van der Waals surface area (Å²) in [6.07, 6.45) is 3.63. The molecule has 0 unspecified atom stereocenters. The fourth-order valence-electron chi connectivity index (χ4n) is 1.95. The number of aryl methyl sites for hydroxylation is 1. The van der Waals surface area contributed by atoms with Gasteiger partial charge in [-0.25, -0.2) is 4.98 Å². The number of nitrogens with zero attached hydrogens (tertiary/aromatic N) is 2. The average molecular weight is 222 g/mol. The Morgan fingerprint density at radius 3 is 2.81 bits per heavy atom. The summed E-state index contributed by atoms with van der Waals surface area (Å²) < 4.78 is 0. The third-order valence-corrected chi connectivity index (χ3v) is 3.00. The van der Waals surface area contributed by atoms with Gasteiger partial charge >= 0.3 is 0 Å². The van der Waals surface area contributed by atoms with Crippen molar-refractivity contribution in [2.24, 2.45) is 0 Å². The van der Waals surface area contributed by atoms with E-state index in [-0.39, 0.29) is 5.91 Å². The zero-order valence-electron chi connectivity index (χ0n) is 9.79. The molecule has 2 heterocycles. The maximum atomic E-state index is 11.8. The first-order valence-corrected chi connectivity index (χ1v) is 5.66. The van der Waals surface area contributed by atoms with E-state index in [2.05, 4.69) is 27.2 Å². The topological polar surface area (TPSA) is 61.0 Å². The Morgan fingerprint density at radius 2 is 2.25 bits per heavy atom. The number of carbonyl (C=O) groups excluding carboxylic acids is 1. The van der Waals surface area contributed by atoms with Gasteiger partial charge in [0.25, 0.3) is 5.91 Å². The number of H-pyrrole nitrogens is 1. The highest BCUT2D eigenvalue weighted by Gasteiger charge is 2.19. The predicted molar refractivity (Wildman–Crippen MR) is 61.3 cm³/mol. The highest BCUT2D eigenvalue weighted by atomic mass is 16.2. The van der Waals surface area contributed by atoms with E-state index < -0.39 is 0 Å². The molecule has 2 N–H and O–H groups in total. The van der Waals surface area contributed by atoms with Crippen LogP contribution in [-0.4, -0.2) is 47.0 Å². The number of aromatic nitrogens is 2. The van der Waals surface area contributed by atoms with Crippen molar-refractivity contribution in [3.8, 4) is 0 Å². The zero-order chi connectivity index (χ0) is 11.5. The van der Waals surface area contributed by atoms with E-state index in [9.17, 15) is 4.79 Å². The van der Waals surface area contributed by atoms with E-state index in [0.29, 0.717) is 11.7 Å². The van der Waals surface area contributed by atoms with E-state index >= 15 is 0 Å². The summed E-state index contributed by atoms with van der Waals surface area (Å²) in [5.41, 5.74) is 0.552. The highest BCUT2D eigenvalue weighted by molar-refractivity contribution is 5.92. The Hall–Kier alpha value is -1.36. The molecule has 0 aromatic carbocycles. The largest absolute Gasteiger partial charge is 0.348 e. The van der Waals surface area contributed by atoms with Gasteiger partial charge < -0.3 is 15.2 Å². The normalized spacial score (nSPS) is 18.6. The molecule has 1 aliphatic rings. The minimum atomic E-state index is -0.0462. The van der Waals surface area contributed by atoms with Gasteiger partial charge in [-0.2, -0.15) is 0 Å². The van der Waals surface area contributed by atoms with E-state index in [1.807, 2.05) is 6.92 Å². The molecule has 5 nitrogen and oxygen atoms in total. The fraction of sp³-hybridized carbons (Fsp3) is 0.636. The Bertz CT molecular complexity index is 366. The second kappa shape index (κ2) is 4.65. The maximum Gasteiger partial charge on any atom is 0.269 e. The minimum Gasteiger partial charge on any atom is -0.348 e. The zero-order valence-corrected chi connectivity index (χ0v) is 9.79. The highest BCUT2D eigenvalue weighted by Crippen LogP contribution is 2.09. The summed E-state index contributed by atoms with van der Waals surface area (Å²) in [4.78, 5) is 21.1. The molecule has 16 heavy (non-hydrogen) atoms. The van der Waals surface area contributed by atoms with Crippen molar-refractivity contribution in [3.05, 3.63) is 17.7 Å². The third-order valence-electron chi connectivity index (χ3n) is 3.00. The summed E-state index contributed by atoms with van der Waals surface area (Å²) in [7, 11) is 2.11. The first kappa shape index (κ1) is 11.1. The van der Waals surface area contributed by atoms with Crippen LogP contribution in [0.5, 0.6) is 0 Å². The number of aromatic amines is 1. The van der Waals surface area contributed by atoms with Gasteiger partial charge in [0.05, 0.1) is 6.20 Å². The monoisotopic (exact) mass is 222 g/mol. The summed E-state index contributed by atoms with van der Waals surface area (Å²) in [5, 5.41) is 3.03. The summed E-state index contributed by atoms with van der Waals surface area (Å²) in [6, 6.07) is 0.298. The van der Waals surface area contributed by atoms with Gasteiger partial charge in [-0.1, -0.05) is 0 Å². The van der Waals surface area contributed by atoms with Gasteiger partial charge in [-0.3, -0.25) is 4.79 Å². The molecule has 1 fully saturated rings. The Kier molecular flexibility index (Phi) is 3.24. The van der Waals surface area contributed by atoms with Crippen molar-refractivity contribution in [1.29, 1.82) is 0 Å². The molecular weight excluding hydrogens is 204 g/mol. The number of hydrogen-bond acceptors (Lipinski definition) is 3. The number of piperidine rings is 1. The van der Waals surface area contributed by atoms with Crippen molar-refractivity contribution >= 4 is 5.91 Å². The molecule has 1 aromatic rings.